The van der Waals surface area contributed by atoms with Crippen molar-refractivity contribution in [3.63, 3.8) is 0 Å². The van der Waals surface area contributed by atoms with Gasteiger partial charge in [-0.15, -0.1) is 0 Å². The molecular weight excluding hydrogens is 791 g/mol. The topological polar surface area (TPSA) is 95.9 Å². The number of aliphatic hydroxyl groups excluding tert-OH is 2. The highest BCUT2D eigenvalue weighted by Crippen LogP contribution is 2.17. The second-order valence-electron chi connectivity index (χ2n) is 20.0. The van der Waals surface area contributed by atoms with E-state index < -0.39 is 12.1 Å². The summed E-state index contributed by atoms with van der Waals surface area (Å²) in [5.41, 5.74) is 0. The summed E-state index contributed by atoms with van der Waals surface area (Å²) in [6.07, 6.45) is 63.5. The number of allylic oxidation sites excluding steroid dienone is 2. The highest BCUT2D eigenvalue weighted by Gasteiger charge is 2.20. The SMILES string of the molecule is CCCCCCCCCCCCCCC(=O)OCCCCCCCCCCCCCC/C=C\CCCCCCCCCCC(=O)NC(CO)C(O)CCCCCCCCCCCCC. The van der Waals surface area contributed by atoms with E-state index in [0.29, 0.717) is 25.9 Å². The van der Waals surface area contributed by atoms with Gasteiger partial charge in [0.25, 0.3) is 0 Å². The first-order valence-electron chi connectivity index (χ1n) is 28.9. The molecule has 0 aliphatic heterocycles. The Hall–Kier alpha value is -1.40. The molecule has 6 nitrogen and oxygen atoms in total. The number of nitrogens with one attached hydrogen (secondary N) is 1. The molecule has 64 heavy (non-hydrogen) atoms. The maximum Gasteiger partial charge on any atom is 0.305 e. The van der Waals surface area contributed by atoms with Gasteiger partial charge in [0, 0.05) is 12.8 Å². The molecule has 0 saturated heterocycles. The summed E-state index contributed by atoms with van der Waals surface area (Å²) in [5, 5.41) is 23.2. The summed E-state index contributed by atoms with van der Waals surface area (Å²) in [5.74, 6) is -0.0260. The summed E-state index contributed by atoms with van der Waals surface area (Å²) in [4.78, 5) is 24.4. The summed E-state index contributed by atoms with van der Waals surface area (Å²) < 4.78 is 5.47. The van der Waals surface area contributed by atoms with Gasteiger partial charge >= 0.3 is 5.97 Å². The zero-order valence-corrected chi connectivity index (χ0v) is 43.3. The van der Waals surface area contributed by atoms with Crippen molar-refractivity contribution < 1.29 is 24.5 Å². The minimum absolute atomic E-state index is 0.0135. The summed E-state index contributed by atoms with van der Waals surface area (Å²) >= 11 is 0. The molecule has 2 unspecified atom stereocenters. The molecule has 380 valence electrons. The van der Waals surface area contributed by atoms with Crippen LogP contribution in [-0.2, 0) is 14.3 Å². The molecule has 0 rings (SSSR count). The second-order valence-corrected chi connectivity index (χ2v) is 20.0. The van der Waals surface area contributed by atoms with Crippen molar-refractivity contribution >= 4 is 11.9 Å². The Labute approximate surface area is 399 Å². The van der Waals surface area contributed by atoms with Crippen molar-refractivity contribution in [2.45, 2.75) is 334 Å². The maximum absolute atomic E-state index is 12.4. The molecule has 0 aromatic heterocycles. The van der Waals surface area contributed by atoms with E-state index in [-0.39, 0.29) is 18.5 Å². The molecule has 0 aromatic carbocycles. The standard InChI is InChI=1S/C58H113NO5/c1-3-5-7-9-11-13-15-32-36-40-44-48-52-58(63)64-53-49-45-41-37-33-29-27-25-23-21-19-17-16-18-20-22-24-26-28-31-35-39-43-47-51-57(62)59-55(54-60)56(61)50-46-42-38-34-30-14-12-10-8-6-4-2/h18,20,55-56,60-61H,3-17,19,21-54H2,1-2H3,(H,59,62)/b20-18-. The van der Waals surface area contributed by atoms with Crippen LogP contribution in [0.5, 0.6) is 0 Å². The first-order valence-corrected chi connectivity index (χ1v) is 28.9. The Kier molecular flexibility index (Phi) is 53.0. The Bertz CT molecular complexity index is 955. The lowest BCUT2D eigenvalue weighted by molar-refractivity contribution is -0.143. The van der Waals surface area contributed by atoms with Gasteiger partial charge in [0.05, 0.1) is 25.4 Å². The van der Waals surface area contributed by atoms with Crippen LogP contribution < -0.4 is 5.32 Å². The predicted molar refractivity (Wildman–Crippen MR) is 278 cm³/mol. The zero-order chi connectivity index (χ0) is 46.5. The van der Waals surface area contributed by atoms with Crippen LogP contribution in [0.25, 0.3) is 0 Å². The number of hydrogen-bond acceptors (Lipinski definition) is 5. The number of carbonyl (C=O) groups excluding carboxylic acids is 2. The van der Waals surface area contributed by atoms with Crippen LogP contribution in [0.3, 0.4) is 0 Å². The maximum atomic E-state index is 12.4. The van der Waals surface area contributed by atoms with E-state index in [4.69, 9.17) is 4.74 Å². The smallest absolute Gasteiger partial charge is 0.305 e. The van der Waals surface area contributed by atoms with Crippen molar-refractivity contribution in [2.75, 3.05) is 13.2 Å². The largest absolute Gasteiger partial charge is 0.466 e. The van der Waals surface area contributed by atoms with Crippen LogP contribution in [0.15, 0.2) is 12.2 Å². The van der Waals surface area contributed by atoms with Crippen molar-refractivity contribution in [1.82, 2.24) is 5.32 Å². The number of ether oxygens (including phenoxy) is 1. The molecule has 0 bridgehead atoms. The van der Waals surface area contributed by atoms with Gasteiger partial charge in [-0.2, -0.15) is 0 Å². The highest BCUT2D eigenvalue weighted by atomic mass is 16.5. The quantitative estimate of drug-likeness (QED) is 0.0321. The zero-order valence-electron chi connectivity index (χ0n) is 43.3. The van der Waals surface area contributed by atoms with Gasteiger partial charge in [0.1, 0.15) is 0 Å². The molecule has 0 aliphatic rings. The summed E-state index contributed by atoms with van der Waals surface area (Å²) in [6, 6.07) is -0.542. The van der Waals surface area contributed by atoms with Crippen LogP contribution in [-0.4, -0.2) is 47.4 Å². The second kappa shape index (κ2) is 54.2. The number of aliphatic hydroxyl groups is 2. The van der Waals surface area contributed by atoms with Gasteiger partial charge in [-0.1, -0.05) is 270 Å². The molecule has 0 aliphatic carbocycles. The lowest BCUT2D eigenvalue weighted by atomic mass is 10.0. The molecule has 0 aromatic rings. The van der Waals surface area contributed by atoms with Gasteiger partial charge in [0.2, 0.25) is 5.91 Å². The van der Waals surface area contributed by atoms with Crippen molar-refractivity contribution in [3.8, 4) is 0 Å². The first-order chi connectivity index (χ1) is 31.5. The van der Waals surface area contributed by atoms with Gasteiger partial charge in [-0.05, 0) is 51.4 Å². The van der Waals surface area contributed by atoms with E-state index in [9.17, 15) is 19.8 Å². The molecule has 2 atom stereocenters. The lowest BCUT2D eigenvalue weighted by Gasteiger charge is -2.22. The minimum atomic E-state index is -0.664. The molecule has 1 amide bonds. The van der Waals surface area contributed by atoms with Crippen LogP contribution in [0, 0.1) is 0 Å². The summed E-state index contributed by atoms with van der Waals surface area (Å²) in [7, 11) is 0. The molecule has 0 heterocycles. The van der Waals surface area contributed by atoms with Gasteiger partial charge in [-0.25, -0.2) is 0 Å². The summed E-state index contributed by atoms with van der Waals surface area (Å²) in [6.45, 7) is 4.95. The van der Waals surface area contributed by atoms with Crippen molar-refractivity contribution in [3.05, 3.63) is 12.2 Å². The number of amides is 1. The number of rotatable bonds is 54. The van der Waals surface area contributed by atoms with Crippen molar-refractivity contribution in [2.24, 2.45) is 0 Å². The molecule has 0 spiro atoms. The average molecular weight is 905 g/mol. The molecule has 6 heteroatoms. The van der Waals surface area contributed by atoms with Crippen molar-refractivity contribution in [1.29, 1.82) is 0 Å². The van der Waals surface area contributed by atoms with Crippen LogP contribution in [0.4, 0.5) is 0 Å². The molecular formula is C58H113NO5. The van der Waals surface area contributed by atoms with E-state index in [1.54, 1.807) is 0 Å². The van der Waals surface area contributed by atoms with Gasteiger partial charge in [0.15, 0.2) is 0 Å². The molecule has 0 fully saturated rings. The monoisotopic (exact) mass is 904 g/mol. The molecule has 0 radical (unpaired) electrons. The van der Waals surface area contributed by atoms with E-state index in [2.05, 4.69) is 31.3 Å². The van der Waals surface area contributed by atoms with Gasteiger partial charge < -0.3 is 20.3 Å². The fraction of sp³-hybridized carbons (Fsp3) is 0.931. The Morgan fingerprint density at radius 1 is 0.422 bits per heavy atom. The third kappa shape index (κ3) is 50.0. The number of unbranched alkanes of at least 4 members (excludes halogenated alkanes) is 41. The minimum Gasteiger partial charge on any atom is -0.466 e. The van der Waals surface area contributed by atoms with Gasteiger partial charge in [-0.3, -0.25) is 9.59 Å². The third-order valence-electron chi connectivity index (χ3n) is 13.6. The predicted octanol–water partition coefficient (Wildman–Crippen LogP) is 17.7. The van der Waals surface area contributed by atoms with Crippen LogP contribution in [0.1, 0.15) is 322 Å². The van der Waals surface area contributed by atoms with E-state index >= 15 is 0 Å². The first kappa shape index (κ1) is 62.6. The van der Waals surface area contributed by atoms with Crippen LogP contribution >= 0.6 is 0 Å². The fourth-order valence-corrected chi connectivity index (χ4v) is 9.11. The Morgan fingerprint density at radius 2 is 0.734 bits per heavy atom. The lowest BCUT2D eigenvalue weighted by Crippen LogP contribution is -2.45. The van der Waals surface area contributed by atoms with E-state index in [1.807, 2.05) is 0 Å². The average Bonchev–Trinajstić information content (AvgIpc) is 3.29. The number of carbonyl (C=O) groups is 2. The third-order valence-corrected chi connectivity index (χ3v) is 13.6. The van der Waals surface area contributed by atoms with Crippen LogP contribution in [0.2, 0.25) is 0 Å². The normalized spacial score (nSPS) is 12.6. The fourth-order valence-electron chi connectivity index (χ4n) is 9.11. The Balaban J connectivity index is 3.38. The van der Waals surface area contributed by atoms with E-state index in [1.165, 1.54) is 250 Å². The van der Waals surface area contributed by atoms with E-state index in [0.717, 1.165) is 38.5 Å². The number of esters is 1. The number of hydrogen-bond donors (Lipinski definition) is 3. The molecule has 0 saturated carbocycles. The highest BCUT2D eigenvalue weighted by molar-refractivity contribution is 5.76. The Morgan fingerprint density at radius 3 is 1.11 bits per heavy atom. The molecule has 3 N–H and O–H groups in total.